The van der Waals surface area contributed by atoms with Crippen LogP contribution in [0.3, 0.4) is 0 Å². The summed E-state index contributed by atoms with van der Waals surface area (Å²) in [4.78, 5) is 17.0. The maximum absolute atomic E-state index is 13.0. The molecule has 2 aliphatic heterocycles. The zero-order valence-corrected chi connectivity index (χ0v) is 18.9. The molecule has 1 amide bonds. The molecule has 0 spiro atoms. The number of fused-ring (bicyclic) bond motifs is 2. The molecule has 1 aromatic carbocycles. The Balaban J connectivity index is 0.000000391. The average Bonchev–Trinajstić information content (AvgIpc) is 3.64. The first-order valence-corrected chi connectivity index (χ1v) is 11.1. The number of benzene rings is 1. The summed E-state index contributed by atoms with van der Waals surface area (Å²) < 4.78 is 47.6. The number of alkyl halides is 2. The number of halogens is 2. The Morgan fingerprint density at radius 3 is 2.69 bits per heavy atom. The number of amides is 1. The topological polar surface area (TPSA) is 125 Å². The lowest BCUT2D eigenvalue weighted by atomic mass is 10.0. The summed E-state index contributed by atoms with van der Waals surface area (Å²) in [6.07, 6.45) is 6.60. The quantitative estimate of drug-likeness (QED) is 0.429. The number of aromatic nitrogens is 5. The molecule has 0 aliphatic carbocycles. The maximum atomic E-state index is 13.0. The first-order chi connectivity index (χ1) is 17.6. The number of carbonyl (C=O) groups excluding carboxylic acids is 1. The third-order valence-corrected chi connectivity index (χ3v) is 5.43. The van der Waals surface area contributed by atoms with Crippen molar-refractivity contribution in [3.05, 3.63) is 54.1 Å². The van der Waals surface area contributed by atoms with E-state index in [1.165, 1.54) is 23.0 Å². The number of ether oxygens (including phenoxy) is 4. The minimum Gasteiger partial charge on any atom is -0.493 e. The summed E-state index contributed by atoms with van der Waals surface area (Å²) in [5, 5.41) is 13.5. The van der Waals surface area contributed by atoms with Gasteiger partial charge >= 0.3 is 6.61 Å². The van der Waals surface area contributed by atoms with Gasteiger partial charge in [0.15, 0.2) is 5.65 Å². The average molecular weight is 500 g/mol. The monoisotopic (exact) mass is 500 g/mol. The molecule has 1 saturated heterocycles. The molecule has 4 aromatic rings. The van der Waals surface area contributed by atoms with Crippen LogP contribution in [0.4, 0.5) is 14.5 Å². The minimum atomic E-state index is -3.00. The van der Waals surface area contributed by atoms with Crippen molar-refractivity contribution in [2.45, 2.75) is 13.0 Å². The van der Waals surface area contributed by atoms with Gasteiger partial charge in [-0.05, 0) is 18.2 Å². The maximum Gasteiger partial charge on any atom is 0.387 e. The Labute approximate surface area is 203 Å². The second-order valence-corrected chi connectivity index (χ2v) is 7.72. The molecular formula is C23H22F2N6O5. The van der Waals surface area contributed by atoms with Gasteiger partial charge in [0, 0.05) is 29.9 Å². The van der Waals surface area contributed by atoms with E-state index in [2.05, 4.69) is 25.6 Å². The summed E-state index contributed by atoms with van der Waals surface area (Å²) in [5.74, 6) is 0.0667. The fourth-order valence-electron chi connectivity index (χ4n) is 3.79. The number of H-pyrrole nitrogens is 1. The van der Waals surface area contributed by atoms with Gasteiger partial charge in [0.1, 0.15) is 17.1 Å². The van der Waals surface area contributed by atoms with Crippen LogP contribution in [0.5, 0.6) is 11.5 Å². The highest BCUT2D eigenvalue weighted by molar-refractivity contribution is 6.09. The predicted octanol–water partition coefficient (Wildman–Crippen LogP) is 2.94. The third kappa shape index (κ3) is 5.11. The zero-order chi connectivity index (χ0) is 24.9. The van der Waals surface area contributed by atoms with E-state index < -0.39 is 12.5 Å². The Bertz CT molecular complexity index is 1340. The SMILES string of the molecule is C1COCCO1.O=C(Nc1cn[nH]c1-c1cc2c(cc1OC(F)F)CCO2)c1cnn2cccnc12. The molecule has 0 unspecified atom stereocenters. The Hall–Kier alpha value is -4.10. The standard InChI is InChI=1S/C19H14F2N6O3.C4H8O2/c20-19(21)30-15-6-10-2-5-29-14(10)7-11(15)16-13(9-23-26-16)25-18(28)12-8-24-27-4-1-3-22-17(12)27;1-2-6-4-3-5-1/h1,3-4,6-9,19H,2,5H2,(H,23,26)(H,25,28);1-4H2. The van der Waals surface area contributed by atoms with Crippen LogP contribution in [0, 0.1) is 0 Å². The smallest absolute Gasteiger partial charge is 0.387 e. The van der Waals surface area contributed by atoms with Crippen molar-refractivity contribution in [1.82, 2.24) is 24.8 Å². The summed E-state index contributed by atoms with van der Waals surface area (Å²) in [5.41, 5.74) is 2.30. The lowest BCUT2D eigenvalue weighted by Gasteiger charge is -2.13. The van der Waals surface area contributed by atoms with Gasteiger partial charge in [0.2, 0.25) is 0 Å². The normalized spacial score (nSPS) is 14.6. The van der Waals surface area contributed by atoms with Gasteiger partial charge in [0.25, 0.3) is 5.91 Å². The van der Waals surface area contributed by atoms with E-state index in [1.54, 1.807) is 24.5 Å². The van der Waals surface area contributed by atoms with E-state index in [4.69, 9.17) is 18.9 Å². The van der Waals surface area contributed by atoms with Gasteiger partial charge < -0.3 is 24.3 Å². The number of hydrogen-bond acceptors (Lipinski definition) is 8. The molecule has 1 fully saturated rings. The molecule has 188 valence electrons. The summed E-state index contributed by atoms with van der Waals surface area (Å²) in [7, 11) is 0. The van der Waals surface area contributed by atoms with Gasteiger partial charge in [0.05, 0.1) is 56.8 Å². The van der Waals surface area contributed by atoms with Crippen molar-refractivity contribution < 1.29 is 32.5 Å². The number of nitrogens with one attached hydrogen (secondary N) is 2. The molecule has 36 heavy (non-hydrogen) atoms. The number of carbonyl (C=O) groups is 1. The highest BCUT2D eigenvalue weighted by atomic mass is 19.3. The van der Waals surface area contributed by atoms with E-state index >= 15 is 0 Å². The van der Waals surface area contributed by atoms with E-state index in [9.17, 15) is 13.6 Å². The first-order valence-electron chi connectivity index (χ1n) is 11.1. The number of rotatable bonds is 5. The van der Waals surface area contributed by atoms with Crippen LogP contribution in [0.2, 0.25) is 0 Å². The van der Waals surface area contributed by atoms with Crippen molar-refractivity contribution >= 4 is 17.2 Å². The highest BCUT2D eigenvalue weighted by Crippen LogP contribution is 2.41. The lowest BCUT2D eigenvalue weighted by Crippen LogP contribution is -2.16. The number of aromatic amines is 1. The van der Waals surface area contributed by atoms with E-state index in [-0.39, 0.29) is 17.0 Å². The summed E-state index contributed by atoms with van der Waals surface area (Å²) in [6.45, 7) is 0.566. The Morgan fingerprint density at radius 1 is 1.14 bits per heavy atom. The van der Waals surface area contributed by atoms with Crippen molar-refractivity contribution in [2.75, 3.05) is 38.4 Å². The van der Waals surface area contributed by atoms with Gasteiger partial charge in [-0.2, -0.15) is 19.0 Å². The molecule has 5 heterocycles. The van der Waals surface area contributed by atoms with Crippen molar-refractivity contribution in [3.63, 3.8) is 0 Å². The van der Waals surface area contributed by atoms with Crippen LogP contribution in [0.1, 0.15) is 15.9 Å². The third-order valence-electron chi connectivity index (χ3n) is 5.43. The predicted molar refractivity (Wildman–Crippen MR) is 122 cm³/mol. The lowest BCUT2D eigenvalue weighted by molar-refractivity contribution is -0.0495. The molecule has 11 nitrogen and oxygen atoms in total. The van der Waals surface area contributed by atoms with Crippen molar-refractivity contribution in [3.8, 4) is 22.8 Å². The summed E-state index contributed by atoms with van der Waals surface area (Å²) in [6, 6.07) is 4.81. The van der Waals surface area contributed by atoms with Gasteiger partial charge in [-0.1, -0.05) is 0 Å². The van der Waals surface area contributed by atoms with Crippen LogP contribution in [0.15, 0.2) is 43.0 Å². The van der Waals surface area contributed by atoms with Crippen molar-refractivity contribution in [2.24, 2.45) is 0 Å². The van der Waals surface area contributed by atoms with Crippen LogP contribution >= 0.6 is 0 Å². The second kappa shape index (κ2) is 10.7. The minimum absolute atomic E-state index is 0.0355. The molecule has 0 radical (unpaired) electrons. The number of anilines is 1. The highest BCUT2D eigenvalue weighted by Gasteiger charge is 2.23. The molecule has 6 rings (SSSR count). The van der Waals surface area contributed by atoms with Crippen LogP contribution in [0.25, 0.3) is 16.9 Å². The Morgan fingerprint density at radius 2 is 1.94 bits per heavy atom. The molecule has 3 aromatic heterocycles. The summed E-state index contributed by atoms with van der Waals surface area (Å²) >= 11 is 0. The van der Waals surface area contributed by atoms with E-state index in [0.29, 0.717) is 35.7 Å². The van der Waals surface area contributed by atoms with Crippen molar-refractivity contribution in [1.29, 1.82) is 0 Å². The molecule has 0 bridgehead atoms. The van der Waals surface area contributed by atoms with E-state index in [0.717, 1.165) is 32.0 Å². The van der Waals surface area contributed by atoms with Crippen LogP contribution in [-0.2, 0) is 15.9 Å². The molecule has 2 aliphatic rings. The Kier molecular flexibility index (Phi) is 7.00. The molecule has 13 heteroatoms. The largest absolute Gasteiger partial charge is 0.493 e. The van der Waals surface area contributed by atoms with Gasteiger partial charge in [-0.25, -0.2) is 9.50 Å². The van der Waals surface area contributed by atoms with Gasteiger partial charge in [-0.3, -0.25) is 9.89 Å². The molecule has 0 saturated carbocycles. The number of hydrogen-bond donors (Lipinski definition) is 2. The van der Waals surface area contributed by atoms with Gasteiger partial charge in [-0.15, -0.1) is 0 Å². The van der Waals surface area contributed by atoms with Crippen LogP contribution in [-0.4, -0.2) is 70.3 Å². The van der Waals surface area contributed by atoms with E-state index in [1.807, 2.05) is 0 Å². The first kappa shape index (κ1) is 23.6. The molecule has 0 atom stereocenters. The molecule has 2 N–H and O–H groups in total. The fraction of sp³-hybridized carbons (Fsp3) is 0.304. The number of nitrogens with zero attached hydrogens (tertiary/aromatic N) is 4. The second-order valence-electron chi connectivity index (χ2n) is 7.72. The zero-order valence-electron chi connectivity index (χ0n) is 18.9. The molecular weight excluding hydrogens is 478 g/mol. The fourth-order valence-corrected chi connectivity index (χ4v) is 3.79. The van der Waals surface area contributed by atoms with Crippen LogP contribution < -0.4 is 14.8 Å².